The Morgan fingerprint density at radius 3 is 2.60 bits per heavy atom. The number of hydrogen-bond acceptors (Lipinski definition) is 3. The molecule has 0 saturated carbocycles. The number of carbonyl (C=O) groups is 1. The summed E-state index contributed by atoms with van der Waals surface area (Å²) in [5.41, 5.74) is -0.556. The minimum Gasteiger partial charge on any atom is -0.478 e. The number of rotatable bonds is 4. The topological polar surface area (TPSA) is 62.5 Å². The maximum absolute atomic E-state index is 12.5. The molecule has 0 aliphatic rings. The van der Waals surface area contributed by atoms with E-state index in [-0.39, 0.29) is 12.2 Å². The first-order valence-electron chi connectivity index (χ1n) is 5.57. The molecule has 1 aromatic heterocycles. The molecule has 7 heteroatoms. The number of halogens is 3. The van der Waals surface area contributed by atoms with Gasteiger partial charge in [-0.2, -0.15) is 13.2 Å². The van der Waals surface area contributed by atoms with Gasteiger partial charge in [0, 0.05) is 17.8 Å². The Bertz CT molecular complexity index is 606. The summed E-state index contributed by atoms with van der Waals surface area (Å²) in [4.78, 5) is 11.0. The fourth-order valence-electron chi connectivity index (χ4n) is 1.64. The highest BCUT2D eigenvalue weighted by atomic mass is 19.4. The van der Waals surface area contributed by atoms with Crippen molar-refractivity contribution in [2.75, 3.05) is 5.32 Å². The molecular weight excluding hydrogens is 275 g/mol. The predicted octanol–water partition coefficient (Wildman–Crippen LogP) is 3.61. The molecule has 1 heterocycles. The van der Waals surface area contributed by atoms with Crippen LogP contribution in [0, 0.1) is 0 Å². The number of carboxylic acids is 1. The molecule has 0 unspecified atom stereocenters. The summed E-state index contributed by atoms with van der Waals surface area (Å²) >= 11 is 0. The van der Waals surface area contributed by atoms with Crippen molar-refractivity contribution in [2.45, 2.75) is 12.7 Å². The van der Waals surface area contributed by atoms with Gasteiger partial charge in [0.25, 0.3) is 0 Å². The van der Waals surface area contributed by atoms with E-state index in [0.717, 1.165) is 17.7 Å². The lowest BCUT2D eigenvalue weighted by molar-refractivity contribution is -0.137. The molecular formula is C13H10F3NO3. The Morgan fingerprint density at radius 1 is 1.30 bits per heavy atom. The quantitative estimate of drug-likeness (QED) is 0.900. The summed E-state index contributed by atoms with van der Waals surface area (Å²) in [6, 6.07) is 4.22. The van der Waals surface area contributed by atoms with Crippen LogP contribution in [0.15, 0.2) is 41.2 Å². The van der Waals surface area contributed by atoms with E-state index in [9.17, 15) is 18.0 Å². The zero-order valence-corrected chi connectivity index (χ0v) is 10.1. The van der Waals surface area contributed by atoms with Gasteiger partial charge in [-0.25, -0.2) is 4.79 Å². The van der Waals surface area contributed by atoms with E-state index in [1.807, 2.05) is 0 Å². The Balaban J connectivity index is 2.26. The molecule has 2 N–H and O–H groups in total. The second kappa shape index (κ2) is 5.28. The number of benzene rings is 1. The third-order valence-corrected chi connectivity index (χ3v) is 2.64. The summed E-state index contributed by atoms with van der Waals surface area (Å²) in [6.07, 6.45) is -1.67. The standard InChI is InChI=1S/C13H10F3NO3/c14-13(15,16)9-1-2-11(10(5-9)12(18)19)17-6-8-3-4-20-7-8/h1-5,7,17H,6H2,(H,18,19). The van der Waals surface area contributed by atoms with Gasteiger partial charge in [0.1, 0.15) is 0 Å². The van der Waals surface area contributed by atoms with Crippen LogP contribution in [-0.4, -0.2) is 11.1 Å². The van der Waals surface area contributed by atoms with Gasteiger partial charge in [-0.15, -0.1) is 0 Å². The average molecular weight is 285 g/mol. The number of aromatic carboxylic acids is 1. The van der Waals surface area contributed by atoms with Gasteiger partial charge in [0.15, 0.2) is 0 Å². The van der Waals surface area contributed by atoms with Gasteiger partial charge in [0.2, 0.25) is 0 Å². The molecule has 0 saturated heterocycles. The SMILES string of the molecule is O=C(O)c1cc(C(F)(F)F)ccc1NCc1ccoc1. The van der Waals surface area contributed by atoms with E-state index in [1.54, 1.807) is 6.07 Å². The molecule has 4 nitrogen and oxygen atoms in total. The van der Waals surface area contributed by atoms with Gasteiger partial charge in [-0.05, 0) is 24.3 Å². The van der Waals surface area contributed by atoms with Crippen molar-refractivity contribution in [2.24, 2.45) is 0 Å². The number of hydrogen-bond donors (Lipinski definition) is 2. The largest absolute Gasteiger partial charge is 0.478 e. The van der Waals surface area contributed by atoms with E-state index in [4.69, 9.17) is 9.52 Å². The second-order valence-corrected chi connectivity index (χ2v) is 4.05. The molecule has 0 fully saturated rings. The highest BCUT2D eigenvalue weighted by Gasteiger charge is 2.31. The van der Waals surface area contributed by atoms with Crippen molar-refractivity contribution in [3.63, 3.8) is 0 Å². The number of furan rings is 1. The van der Waals surface area contributed by atoms with Gasteiger partial charge in [-0.1, -0.05) is 0 Å². The van der Waals surface area contributed by atoms with E-state index < -0.39 is 23.3 Å². The summed E-state index contributed by atoms with van der Waals surface area (Å²) in [5, 5.41) is 11.8. The molecule has 106 valence electrons. The second-order valence-electron chi connectivity index (χ2n) is 4.05. The van der Waals surface area contributed by atoms with Crippen LogP contribution >= 0.6 is 0 Å². The lowest BCUT2D eigenvalue weighted by atomic mass is 10.1. The average Bonchev–Trinajstić information content (AvgIpc) is 2.88. The lowest BCUT2D eigenvalue weighted by Gasteiger charge is -2.12. The number of nitrogens with one attached hydrogen (secondary N) is 1. The van der Waals surface area contributed by atoms with Crippen molar-refractivity contribution in [1.82, 2.24) is 0 Å². The minimum absolute atomic E-state index is 0.117. The predicted molar refractivity (Wildman–Crippen MR) is 64.4 cm³/mol. The number of anilines is 1. The van der Waals surface area contributed by atoms with Crippen LogP contribution in [0.3, 0.4) is 0 Å². The molecule has 2 rings (SSSR count). The normalized spacial score (nSPS) is 11.3. The van der Waals surface area contributed by atoms with Crippen LogP contribution in [0.2, 0.25) is 0 Å². The fourth-order valence-corrected chi connectivity index (χ4v) is 1.64. The summed E-state index contributed by atoms with van der Waals surface area (Å²) in [6.45, 7) is 0.252. The van der Waals surface area contributed by atoms with Crippen molar-refractivity contribution in [3.8, 4) is 0 Å². The van der Waals surface area contributed by atoms with Crippen molar-refractivity contribution >= 4 is 11.7 Å². The van der Waals surface area contributed by atoms with Gasteiger partial charge >= 0.3 is 12.1 Å². The van der Waals surface area contributed by atoms with Gasteiger partial charge < -0.3 is 14.8 Å². The molecule has 20 heavy (non-hydrogen) atoms. The third kappa shape index (κ3) is 3.11. The van der Waals surface area contributed by atoms with Gasteiger partial charge in [-0.3, -0.25) is 0 Å². The maximum atomic E-state index is 12.5. The highest BCUT2D eigenvalue weighted by Crippen LogP contribution is 2.32. The molecule has 0 bridgehead atoms. The first-order valence-corrected chi connectivity index (χ1v) is 5.57. The van der Waals surface area contributed by atoms with E-state index in [1.165, 1.54) is 12.5 Å². The zero-order valence-electron chi connectivity index (χ0n) is 10.1. The number of alkyl halides is 3. The van der Waals surface area contributed by atoms with Crippen LogP contribution in [0.1, 0.15) is 21.5 Å². The Morgan fingerprint density at radius 2 is 2.05 bits per heavy atom. The fraction of sp³-hybridized carbons (Fsp3) is 0.154. The summed E-state index contributed by atoms with van der Waals surface area (Å²) < 4.78 is 42.5. The molecule has 1 aromatic carbocycles. The van der Waals surface area contributed by atoms with Crippen LogP contribution in [0.25, 0.3) is 0 Å². The monoisotopic (exact) mass is 285 g/mol. The molecule has 0 radical (unpaired) electrons. The molecule has 0 amide bonds. The van der Waals surface area contributed by atoms with Crippen molar-refractivity contribution < 1.29 is 27.5 Å². The first-order chi connectivity index (χ1) is 9.38. The number of carboxylic acid groups (broad SMARTS) is 1. The van der Waals surface area contributed by atoms with Crippen LogP contribution in [-0.2, 0) is 12.7 Å². The van der Waals surface area contributed by atoms with E-state index in [2.05, 4.69) is 5.32 Å². The third-order valence-electron chi connectivity index (χ3n) is 2.64. The van der Waals surface area contributed by atoms with Gasteiger partial charge in [0.05, 0.1) is 23.7 Å². The molecule has 0 spiro atoms. The van der Waals surface area contributed by atoms with Crippen LogP contribution < -0.4 is 5.32 Å². The van der Waals surface area contributed by atoms with Crippen molar-refractivity contribution in [3.05, 3.63) is 53.5 Å². The Hall–Kier alpha value is -2.44. The molecule has 2 aromatic rings. The highest BCUT2D eigenvalue weighted by molar-refractivity contribution is 5.94. The smallest absolute Gasteiger partial charge is 0.416 e. The van der Waals surface area contributed by atoms with Crippen molar-refractivity contribution in [1.29, 1.82) is 0 Å². The first kappa shape index (κ1) is 14.0. The zero-order chi connectivity index (χ0) is 14.8. The summed E-state index contributed by atoms with van der Waals surface area (Å²) in [7, 11) is 0. The van der Waals surface area contributed by atoms with Crippen LogP contribution in [0.5, 0.6) is 0 Å². The lowest BCUT2D eigenvalue weighted by Crippen LogP contribution is -2.10. The summed E-state index contributed by atoms with van der Waals surface area (Å²) in [5.74, 6) is -1.43. The van der Waals surface area contributed by atoms with E-state index >= 15 is 0 Å². The Labute approximate surface area is 111 Å². The maximum Gasteiger partial charge on any atom is 0.416 e. The molecule has 0 atom stereocenters. The van der Waals surface area contributed by atoms with Crippen LogP contribution in [0.4, 0.5) is 18.9 Å². The minimum atomic E-state index is -4.58. The van der Waals surface area contributed by atoms with E-state index in [0.29, 0.717) is 6.07 Å². The molecule has 0 aliphatic heterocycles. The molecule has 0 aliphatic carbocycles. The Kier molecular flexibility index (Phi) is 3.69.